The van der Waals surface area contributed by atoms with Gasteiger partial charge in [0, 0.05) is 52.4 Å². The van der Waals surface area contributed by atoms with Gasteiger partial charge in [-0.15, -0.1) is 0 Å². The van der Waals surface area contributed by atoms with Crippen LogP contribution in [0.25, 0.3) is 0 Å². The summed E-state index contributed by atoms with van der Waals surface area (Å²) in [6, 6.07) is 21.4. The molecule has 2 saturated heterocycles. The molecule has 0 spiro atoms. The summed E-state index contributed by atoms with van der Waals surface area (Å²) < 4.78 is 0. The molecule has 2 heterocycles. The van der Waals surface area contributed by atoms with Crippen molar-refractivity contribution in [1.29, 1.82) is 0 Å². The van der Waals surface area contributed by atoms with Gasteiger partial charge < -0.3 is 10.2 Å². The maximum Gasteiger partial charge on any atom is 0.317 e. The molecule has 1 N–H and O–H groups in total. The van der Waals surface area contributed by atoms with E-state index in [4.69, 9.17) is 0 Å². The maximum absolute atomic E-state index is 12.8. The number of benzene rings is 2. The number of urea groups is 1. The molecule has 5 heteroatoms. The molecular formula is C26H36N4O. The molecule has 5 nitrogen and oxygen atoms in total. The largest absolute Gasteiger partial charge is 0.338 e. The highest BCUT2D eigenvalue weighted by atomic mass is 16.2. The molecule has 2 aromatic rings. The van der Waals surface area contributed by atoms with Crippen molar-refractivity contribution in [2.45, 2.75) is 32.4 Å². The lowest BCUT2D eigenvalue weighted by molar-refractivity contribution is 0.159. The molecule has 2 fully saturated rings. The predicted octanol–water partition coefficient (Wildman–Crippen LogP) is 3.82. The van der Waals surface area contributed by atoms with Crippen molar-refractivity contribution >= 4 is 6.03 Å². The van der Waals surface area contributed by atoms with Crippen molar-refractivity contribution in [3.63, 3.8) is 0 Å². The van der Waals surface area contributed by atoms with Crippen molar-refractivity contribution in [2.75, 3.05) is 45.8 Å². The van der Waals surface area contributed by atoms with Gasteiger partial charge in [0.25, 0.3) is 0 Å². The van der Waals surface area contributed by atoms with Crippen LogP contribution in [0.4, 0.5) is 4.79 Å². The Morgan fingerprint density at radius 2 is 1.42 bits per heavy atom. The number of rotatable bonds is 6. The van der Waals surface area contributed by atoms with Gasteiger partial charge in [-0.1, -0.05) is 60.7 Å². The fourth-order valence-electron chi connectivity index (χ4n) is 4.82. The molecule has 0 aromatic heterocycles. The van der Waals surface area contributed by atoms with Gasteiger partial charge in [0.05, 0.1) is 0 Å². The van der Waals surface area contributed by atoms with E-state index in [9.17, 15) is 4.79 Å². The second-order valence-electron chi connectivity index (χ2n) is 9.02. The minimum Gasteiger partial charge on any atom is -0.338 e. The third-order valence-electron chi connectivity index (χ3n) is 6.52. The number of likely N-dealkylation sites (tertiary alicyclic amines) is 1. The van der Waals surface area contributed by atoms with Gasteiger partial charge in [0.1, 0.15) is 0 Å². The van der Waals surface area contributed by atoms with E-state index < -0.39 is 0 Å². The zero-order valence-corrected chi connectivity index (χ0v) is 18.6. The Morgan fingerprint density at radius 3 is 2.13 bits per heavy atom. The lowest BCUT2D eigenvalue weighted by atomic mass is 9.97. The zero-order chi connectivity index (χ0) is 21.3. The van der Waals surface area contributed by atoms with Crippen LogP contribution in [0.3, 0.4) is 0 Å². The molecule has 2 amide bonds. The van der Waals surface area contributed by atoms with Crippen LogP contribution >= 0.6 is 0 Å². The highest BCUT2D eigenvalue weighted by Crippen LogP contribution is 2.18. The minimum absolute atomic E-state index is 0.113. The summed E-state index contributed by atoms with van der Waals surface area (Å²) in [5.74, 6) is 0.544. The standard InChI is InChI=1S/C26H36N4O/c31-26(30-16-8-15-28(17-18-30)20-23-9-3-1-4-10-23)27-19-25-13-7-14-29(22-25)21-24-11-5-2-6-12-24/h1-6,9-12,25H,7-8,13-22H2,(H,27,31). The van der Waals surface area contributed by atoms with E-state index in [1.807, 2.05) is 4.90 Å². The maximum atomic E-state index is 12.8. The second kappa shape index (κ2) is 11.3. The van der Waals surface area contributed by atoms with Crippen LogP contribution in [0, 0.1) is 5.92 Å². The van der Waals surface area contributed by atoms with E-state index >= 15 is 0 Å². The van der Waals surface area contributed by atoms with E-state index in [1.54, 1.807) is 0 Å². The molecule has 2 aromatic carbocycles. The van der Waals surface area contributed by atoms with Crippen molar-refractivity contribution in [1.82, 2.24) is 20.0 Å². The molecule has 0 radical (unpaired) electrons. The first-order valence-corrected chi connectivity index (χ1v) is 11.8. The number of nitrogens with one attached hydrogen (secondary N) is 1. The summed E-state index contributed by atoms with van der Waals surface area (Å²) in [5, 5.41) is 3.24. The van der Waals surface area contributed by atoms with Crippen molar-refractivity contribution in [3.8, 4) is 0 Å². The average Bonchev–Trinajstić information content (AvgIpc) is 3.05. The van der Waals surface area contributed by atoms with Crippen molar-refractivity contribution < 1.29 is 4.79 Å². The van der Waals surface area contributed by atoms with Crippen LogP contribution in [-0.2, 0) is 13.1 Å². The van der Waals surface area contributed by atoms with Gasteiger partial charge in [-0.05, 0) is 42.9 Å². The first kappa shape index (κ1) is 21.8. The van der Waals surface area contributed by atoms with E-state index in [0.717, 1.165) is 65.3 Å². The molecule has 0 saturated carbocycles. The summed E-state index contributed by atoms with van der Waals surface area (Å²) in [6.07, 6.45) is 3.45. The molecule has 1 atom stereocenters. The number of nitrogens with zero attached hydrogens (tertiary/aromatic N) is 3. The van der Waals surface area contributed by atoms with Gasteiger partial charge in [0.2, 0.25) is 0 Å². The van der Waals surface area contributed by atoms with Crippen LogP contribution in [0.2, 0.25) is 0 Å². The lowest BCUT2D eigenvalue weighted by Crippen LogP contribution is -2.46. The molecule has 4 rings (SSSR count). The van der Waals surface area contributed by atoms with Crippen LogP contribution in [0.5, 0.6) is 0 Å². The van der Waals surface area contributed by atoms with Gasteiger partial charge in [0.15, 0.2) is 0 Å². The van der Waals surface area contributed by atoms with E-state index in [-0.39, 0.29) is 6.03 Å². The number of piperidine rings is 1. The molecule has 0 bridgehead atoms. The molecule has 166 valence electrons. The Bertz CT molecular complexity index is 798. The molecule has 2 aliphatic rings. The first-order chi connectivity index (χ1) is 15.3. The molecule has 1 unspecified atom stereocenters. The Morgan fingerprint density at radius 1 is 0.774 bits per heavy atom. The molecular weight excluding hydrogens is 384 g/mol. The normalized spacial score (nSPS) is 20.9. The third kappa shape index (κ3) is 6.81. The molecule has 0 aliphatic carbocycles. The zero-order valence-electron chi connectivity index (χ0n) is 18.6. The molecule has 2 aliphatic heterocycles. The summed E-state index contributed by atoms with van der Waals surface area (Å²) in [4.78, 5) is 19.8. The minimum atomic E-state index is 0.113. The van der Waals surface area contributed by atoms with Crippen molar-refractivity contribution in [3.05, 3.63) is 71.8 Å². The summed E-state index contributed by atoms with van der Waals surface area (Å²) in [5.41, 5.74) is 2.72. The Labute approximate surface area is 187 Å². The molecule has 31 heavy (non-hydrogen) atoms. The Kier molecular flexibility index (Phi) is 7.97. The number of hydrogen-bond donors (Lipinski definition) is 1. The van der Waals surface area contributed by atoms with E-state index in [0.29, 0.717) is 5.92 Å². The fraction of sp³-hybridized carbons (Fsp3) is 0.500. The highest BCUT2D eigenvalue weighted by molar-refractivity contribution is 5.74. The van der Waals surface area contributed by atoms with E-state index in [2.05, 4.69) is 75.8 Å². The van der Waals surface area contributed by atoms with Crippen LogP contribution in [-0.4, -0.2) is 66.5 Å². The van der Waals surface area contributed by atoms with Crippen LogP contribution in [0.1, 0.15) is 30.4 Å². The summed E-state index contributed by atoms with van der Waals surface area (Å²) in [6.45, 7) is 8.64. The van der Waals surface area contributed by atoms with Gasteiger partial charge in [-0.25, -0.2) is 4.79 Å². The Balaban J connectivity index is 1.19. The third-order valence-corrected chi connectivity index (χ3v) is 6.52. The summed E-state index contributed by atoms with van der Waals surface area (Å²) in [7, 11) is 0. The van der Waals surface area contributed by atoms with Crippen molar-refractivity contribution in [2.24, 2.45) is 5.92 Å². The number of hydrogen-bond acceptors (Lipinski definition) is 3. The smallest absolute Gasteiger partial charge is 0.317 e. The number of carbonyl (C=O) groups is 1. The van der Waals surface area contributed by atoms with Crippen LogP contribution < -0.4 is 5.32 Å². The topological polar surface area (TPSA) is 38.8 Å². The summed E-state index contributed by atoms with van der Waals surface area (Å²) >= 11 is 0. The highest BCUT2D eigenvalue weighted by Gasteiger charge is 2.23. The van der Waals surface area contributed by atoms with Gasteiger partial charge >= 0.3 is 6.03 Å². The number of amides is 2. The van der Waals surface area contributed by atoms with E-state index in [1.165, 1.54) is 24.0 Å². The average molecular weight is 421 g/mol. The Hall–Kier alpha value is -2.37. The van der Waals surface area contributed by atoms with Gasteiger partial charge in [-0.3, -0.25) is 9.80 Å². The van der Waals surface area contributed by atoms with Crippen LogP contribution in [0.15, 0.2) is 60.7 Å². The predicted molar refractivity (Wildman–Crippen MR) is 126 cm³/mol. The first-order valence-electron chi connectivity index (χ1n) is 11.8. The number of carbonyl (C=O) groups excluding carboxylic acids is 1. The monoisotopic (exact) mass is 420 g/mol. The second-order valence-corrected chi connectivity index (χ2v) is 9.02. The SMILES string of the molecule is O=C(NCC1CCCN(Cc2ccccc2)C1)N1CCCN(Cc2ccccc2)CC1. The van der Waals surface area contributed by atoms with Gasteiger partial charge in [-0.2, -0.15) is 0 Å². The lowest BCUT2D eigenvalue weighted by Gasteiger charge is -2.33. The quantitative estimate of drug-likeness (QED) is 0.772. The fourth-order valence-corrected chi connectivity index (χ4v) is 4.82.